The highest BCUT2D eigenvalue weighted by atomic mass is 16.2. The van der Waals surface area contributed by atoms with E-state index < -0.39 is 0 Å². The van der Waals surface area contributed by atoms with Crippen LogP contribution in [-0.2, 0) is 9.59 Å². The van der Waals surface area contributed by atoms with Crippen LogP contribution in [0.15, 0.2) is 11.6 Å². The maximum absolute atomic E-state index is 13.1. The normalized spacial score (nSPS) is 26.1. The zero-order chi connectivity index (χ0) is 16.9. The Morgan fingerprint density at radius 3 is 2.75 bits per heavy atom. The Morgan fingerprint density at radius 1 is 1.29 bits per heavy atom. The summed E-state index contributed by atoms with van der Waals surface area (Å²) in [6, 6.07) is 0.131. The molecular weight excluding hydrogens is 302 g/mol. The van der Waals surface area contributed by atoms with Crippen molar-refractivity contribution in [1.82, 2.24) is 15.1 Å². The SMILES string of the molecule is CN1CCC=C(CN(C[C@@H]2CCC(=O)N2)C(=O)C2CCCCC2)C1. The van der Waals surface area contributed by atoms with Crippen LogP contribution >= 0.6 is 0 Å². The topological polar surface area (TPSA) is 52.6 Å². The number of hydrogen-bond donors (Lipinski definition) is 1. The molecule has 1 saturated carbocycles. The first-order chi connectivity index (χ1) is 11.6. The molecule has 5 nitrogen and oxygen atoms in total. The van der Waals surface area contributed by atoms with Gasteiger partial charge in [-0.1, -0.05) is 25.3 Å². The molecule has 2 amide bonds. The van der Waals surface area contributed by atoms with E-state index in [1.807, 2.05) is 4.90 Å². The summed E-state index contributed by atoms with van der Waals surface area (Å²) in [4.78, 5) is 29.0. The number of nitrogens with one attached hydrogen (secondary N) is 1. The molecule has 3 rings (SSSR count). The van der Waals surface area contributed by atoms with Crippen molar-refractivity contribution in [1.29, 1.82) is 0 Å². The second kappa shape index (κ2) is 8.15. The highest BCUT2D eigenvalue weighted by Gasteiger charge is 2.30. The van der Waals surface area contributed by atoms with E-state index in [9.17, 15) is 9.59 Å². The van der Waals surface area contributed by atoms with Crippen LogP contribution < -0.4 is 5.32 Å². The Kier molecular flexibility index (Phi) is 5.93. The molecule has 2 heterocycles. The molecule has 2 aliphatic heterocycles. The lowest BCUT2D eigenvalue weighted by molar-refractivity contribution is -0.136. The van der Waals surface area contributed by atoms with E-state index in [1.165, 1.54) is 24.8 Å². The van der Waals surface area contributed by atoms with Crippen molar-refractivity contribution < 1.29 is 9.59 Å². The van der Waals surface area contributed by atoms with E-state index in [4.69, 9.17) is 0 Å². The molecule has 24 heavy (non-hydrogen) atoms. The molecule has 1 aliphatic carbocycles. The number of nitrogens with zero attached hydrogens (tertiary/aromatic N) is 2. The van der Waals surface area contributed by atoms with Gasteiger partial charge in [0.2, 0.25) is 11.8 Å². The van der Waals surface area contributed by atoms with Gasteiger partial charge in [0.1, 0.15) is 0 Å². The fourth-order valence-electron chi connectivity index (χ4n) is 4.26. The maximum atomic E-state index is 13.1. The fourth-order valence-corrected chi connectivity index (χ4v) is 4.26. The minimum absolute atomic E-state index is 0.127. The number of carbonyl (C=O) groups is 2. The zero-order valence-corrected chi connectivity index (χ0v) is 14.9. The van der Waals surface area contributed by atoms with Gasteiger partial charge in [-0.2, -0.15) is 0 Å². The van der Waals surface area contributed by atoms with E-state index in [2.05, 4.69) is 23.3 Å². The van der Waals surface area contributed by atoms with Crippen LogP contribution in [0.4, 0.5) is 0 Å². The molecule has 0 spiro atoms. The minimum atomic E-state index is 0.127. The van der Waals surface area contributed by atoms with Crippen LogP contribution in [-0.4, -0.2) is 60.9 Å². The van der Waals surface area contributed by atoms with Crippen molar-refractivity contribution in [3.05, 3.63) is 11.6 Å². The van der Waals surface area contributed by atoms with Crippen LogP contribution in [0.25, 0.3) is 0 Å². The van der Waals surface area contributed by atoms with E-state index in [0.717, 1.165) is 45.3 Å². The third-order valence-corrected chi connectivity index (χ3v) is 5.60. The summed E-state index contributed by atoms with van der Waals surface area (Å²) in [6.07, 6.45) is 10.5. The van der Waals surface area contributed by atoms with Gasteiger partial charge >= 0.3 is 0 Å². The summed E-state index contributed by atoms with van der Waals surface area (Å²) in [7, 11) is 2.14. The third kappa shape index (κ3) is 4.59. The number of amides is 2. The van der Waals surface area contributed by atoms with Gasteiger partial charge in [-0.25, -0.2) is 0 Å². The van der Waals surface area contributed by atoms with Gasteiger partial charge in [0.25, 0.3) is 0 Å². The molecule has 3 aliphatic rings. The van der Waals surface area contributed by atoms with Crippen molar-refractivity contribution >= 4 is 11.8 Å². The molecule has 0 aromatic heterocycles. The lowest BCUT2D eigenvalue weighted by atomic mass is 9.88. The second-order valence-corrected chi connectivity index (χ2v) is 7.75. The average molecular weight is 333 g/mol. The Bertz CT molecular complexity index is 497. The minimum Gasteiger partial charge on any atom is -0.352 e. The number of carbonyl (C=O) groups excluding carboxylic acids is 2. The van der Waals surface area contributed by atoms with E-state index >= 15 is 0 Å². The summed E-state index contributed by atoms with van der Waals surface area (Å²) < 4.78 is 0. The highest BCUT2D eigenvalue weighted by molar-refractivity contribution is 5.80. The predicted molar refractivity (Wildman–Crippen MR) is 94.5 cm³/mol. The van der Waals surface area contributed by atoms with Crippen LogP contribution in [0.5, 0.6) is 0 Å². The molecule has 1 N–H and O–H groups in total. The summed E-state index contributed by atoms with van der Waals surface area (Å²) in [5.41, 5.74) is 1.34. The molecule has 1 atom stereocenters. The molecule has 0 unspecified atom stereocenters. The van der Waals surface area contributed by atoms with Gasteiger partial charge in [-0.05, 0) is 38.3 Å². The van der Waals surface area contributed by atoms with Gasteiger partial charge in [-0.15, -0.1) is 0 Å². The smallest absolute Gasteiger partial charge is 0.226 e. The van der Waals surface area contributed by atoms with Crippen LogP contribution in [0.1, 0.15) is 51.4 Å². The maximum Gasteiger partial charge on any atom is 0.226 e. The summed E-state index contributed by atoms with van der Waals surface area (Å²) in [5.74, 6) is 0.629. The fraction of sp³-hybridized carbons (Fsp3) is 0.789. The molecule has 134 valence electrons. The summed E-state index contributed by atoms with van der Waals surface area (Å²) in [5, 5.41) is 3.03. The molecular formula is C19H31N3O2. The van der Waals surface area contributed by atoms with E-state index in [1.54, 1.807) is 0 Å². The highest BCUT2D eigenvalue weighted by Crippen LogP contribution is 2.26. The largest absolute Gasteiger partial charge is 0.352 e. The number of likely N-dealkylation sites (N-methyl/N-ethyl adjacent to an activating group) is 1. The quantitative estimate of drug-likeness (QED) is 0.782. The molecule has 0 bridgehead atoms. The van der Waals surface area contributed by atoms with E-state index in [-0.39, 0.29) is 17.9 Å². The van der Waals surface area contributed by atoms with Gasteiger partial charge in [0.15, 0.2) is 0 Å². The van der Waals surface area contributed by atoms with Crippen LogP contribution in [0.3, 0.4) is 0 Å². The molecule has 5 heteroatoms. The molecule has 2 fully saturated rings. The van der Waals surface area contributed by atoms with Gasteiger partial charge in [0.05, 0.1) is 0 Å². The van der Waals surface area contributed by atoms with E-state index in [0.29, 0.717) is 18.9 Å². The Morgan fingerprint density at radius 2 is 2.08 bits per heavy atom. The first-order valence-corrected chi connectivity index (χ1v) is 9.56. The predicted octanol–water partition coefficient (Wildman–Crippen LogP) is 1.94. The lowest BCUT2D eigenvalue weighted by Gasteiger charge is -2.33. The number of rotatable bonds is 5. The van der Waals surface area contributed by atoms with Crippen LogP contribution in [0, 0.1) is 5.92 Å². The van der Waals surface area contributed by atoms with Crippen molar-refractivity contribution in [3.8, 4) is 0 Å². The van der Waals surface area contributed by atoms with Crippen LogP contribution in [0.2, 0.25) is 0 Å². The van der Waals surface area contributed by atoms with Crippen molar-refractivity contribution in [3.63, 3.8) is 0 Å². The first kappa shape index (κ1) is 17.5. The Balaban J connectivity index is 1.66. The van der Waals surface area contributed by atoms with Crippen molar-refractivity contribution in [2.24, 2.45) is 5.92 Å². The van der Waals surface area contributed by atoms with Crippen molar-refractivity contribution in [2.45, 2.75) is 57.4 Å². The Hall–Kier alpha value is -1.36. The molecule has 0 radical (unpaired) electrons. The third-order valence-electron chi connectivity index (χ3n) is 5.60. The number of hydrogen-bond acceptors (Lipinski definition) is 3. The monoisotopic (exact) mass is 333 g/mol. The summed E-state index contributed by atoms with van der Waals surface area (Å²) >= 11 is 0. The molecule has 0 aromatic carbocycles. The molecule has 0 aromatic rings. The molecule has 1 saturated heterocycles. The first-order valence-electron chi connectivity index (χ1n) is 9.56. The Labute approximate surface area is 145 Å². The zero-order valence-electron chi connectivity index (χ0n) is 14.9. The van der Waals surface area contributed by atoms with Crippen molar-refractivity contribution in [2.75, 3.05) is 33.2 Å². The average Bonchev–Trinajstić information content (AvgIpc) is 2.99. The van der Waals surface area contributed by atoms with Gasteiger partial charge < -0.3 is 15.1 Å². The standard InChI is InChI=1S/C19H31N3O2/c1-21-11-5-6-15(12-21)13-22(14-17-9-10-18(23)20-17)19(24)16-7-3-2-4-8-16/h6,16-17H,2-5,7-14H2,1H3,(H,20,23)/t17-/m0/s1. The second-order valence-electron chi connectivity index (χ2n) is 7.75. The lowest BCUT2D eigenvalue weighted by Crippen LogP contribution is -2.46. The summed E-state index contributed by atoms with van der Waals surface area (Å²) in [6.45, 7) is 3.44. The van der Waals surface area contributed by atoms with Gasteiger partial charge in [0, 0.05) is 44.6 Å². The van der Waals surface area contributed by atoms with Gasteiger partial charge in [-0.3, -0.25) is 9.59 Å².